The molecule has 0 unspecified atom stereocenters. The molecule has 1 amide bonds. The Bertz CT molecular complexity index is 249. The molecule has 112 valence electrons. The molecule has 0 heterocycles. The van der Waals surface area contributed by atoms with E-state index in [1.807, 2.05) is 4.90 Å². The summed E-state index contributed by atoms with van der Waals surface area (Å²) in [6.07, 6.45) is 7.97. The van der Waals surface area contributed by atoms with Crippen molar-refractivity contribution in [1.82, 2.24) is 4.90 Å². The Morgan fingerprint density at radius 3 is 2.42 bits per heavy atom. The van der Waals surface area contributed by atoms with Gasteiger partial charge in [-0.1, -0.05) is 39.5 Å². The summed E-state index contributed by atoms with van der Waals surface area (Å²) in [7, 11) is 0. The van der Waals surface area contributed by atoms with Crippen LogP contribution < -0.4 is 5.73 Å². The van der Waals surface area contributed by atoms with Gasteiger partial charge < -0.3 is 15.4 Å². The molecule has 2 N–H and O–H groups in total. The van der Waals surface area contributed by atoms with E-state index in [0.717, 1.165) is 25.8 Å². The molecule has 1 aliphatic carbocycles. The zero-order chi connectivity index (χ0) is 14.1. The largest absolute Gasteiger partial charge is 0.449 e. The molecule has 0 radical (unpaired) electrons. The third-order valence-corrected chi connectivity index (χ3v) is 3.64. The number of carbonyl (C=O) groups is 1. The molecule has 0 aromatic carbocycles. The van der Waals surface area contributed by atoms with E-state index in [2.05, 4.69) is 13.8 Å². The summed E-state index contributed by atoms with van der Waals surface area (Å²) in [6, 6.07) is 0.355. The lowest BCUT2D eigenvalue weighted by Crippen LogP contribution is -2.42. The lowest BCUT2D eigenvalue weighted by Gasteiger charge is -2.30. The fourth-order valence-corrected chi connectivity index (χ4v) is 2.57. The van der Waals surface area contributed by atoms with Gasteiger partial charge in [-0.15, -0.1) is 0 Å². The average Bonchev–Trinajstić information content (AvgIpc) is 2.66. The van der Waals surface area contributed by atoms with Crippen LogP contribution in [0.3, 0.4) is 0 Å². The van der Waals surface area contributed by atoms with Gasteiger partial charge in [0.15, 0.2) is 0 Å². The highest BCUT2D eigenvalue weighted by Gasteiger charge is 2.25. The molecule has 1 rings (SSSR count). The number of hydrogen-bond acceptors (Lipinski definition) is 3. The van der Waals surface area contributed by atoms with Crippen molar-refractivity contribution in [3.05, 3.63) is 0 Å². The first-order valence-corrected chi connectivity index (χ1v) is 7.78. The Labute approximate surface area is 117 Å². The predicted molar refractivity (Wildman–Crippen MR) is 78.1 cm³/mol. The van der Waals surface area contributed by atoms with Gasteiger partial charge in [0.25, 0.3) is 0 Å². The SMILES string of the molecule is CC(C)COC(=O)N(CCCN)C1CCCCCC1. The van der Waals surface area contributed by atoms with Gasteiger partial charge >= 0.3 is 6.09 Å². The maximum Gasteiger partial charge on any atom is 0.410 e. The number of amides is 1. The van der Waals surface area contributed by atoms with E-state index in [1.54, 1.807) is 0 Å². The Balaban J connectivity index is 2.55. The maximum absolute atomic E-state index is 12.2. The third-order valence-electron chi connectivity index (χ3n) is 3.64. The van der Waals surface area contributed by atoms with Gasteiger partial charge in [-0.05, 0) is 31.7 Å². The predicted octanol–water partition coefficient (Wildman–Crippen LogP) is 3.15. The van der Waals surface area contributed by atoms with E-state index in [9.17, 15) is 4.79 Å². The molecule has 0 aromatic rings. The Morgan fingerprint density at radius 1 is 1.26 bits per heavy atom. The number of rotatable bonds is 6. The Hall–Kier alpha value is -0.770. The first kappa shape index (κ1) is 16.3. The minimum Gasteiger partial charge on any atom is -0.449 e. The quantitative estimate of drug-likeness (QED) is 0.754. The fourth-order valence-electron chi connectivity index (χ4n) is 2.57. The Kier molecular flexibility index (Phi) is 7.87. The van der Waals surface area contributed by atoms with Gasteiger partial charge in [0.05, 0.1) is 6.61 Å². The van der Waals surface area contributed by atoms with Gasteiger partial charge in [-0.2, -0.15) is 0 Å². The number of ether oxygens (including phenoxy) is 1. The van der Waals surface area contributed by atoms with E-state index in [1.165, 1.54) is 25.7 Å². The molecule has 1 aliphatic rings. The lowest BCUT2D eigenvalue weighted by atomic mass is 10.1. The highest BCUT2D eigenvalue weighted by molar-refractivity contribution is 5.68. The third kappa shape index (κ3) is 6.28. The van der Waals surface area contributed by atoms with Crippen molar-refractivity contribution in [1.29, 1.82) is 0 Å². The van der Waals surface area contributed by atoms with Crippen molar-refractivity contribution in [3.63, 3.8) is 0 Å². The zero-order valence-corrected chi connectivity index (χ0v) is 12.6. The molecule has 1 saturated carbocycles. The van der Waals surface area contributed by atoms with Crippen molar-refractivity contribution in [2.24, 2.45) is 11.7 Å². The highest BCUT2D eigenvalue weighted by Crippen LogP contribution is 2.22. The molecule has 1 fully saturated rings. The molecule has 0 saturated heterocycles. The molecule has 19 heavy (non-hydrogen) atoms. The topological polar surface area (TPSA) is 55.6 Å². The van der Waals surface area contributed by atoms with Crippen molar-refractivity contribution in [2.45, 2.75) is 64.8 Å². The van der Waals surface area contributed by atoms with E-state index in [0.29, 0.717) is 25.1 Å². The van der Waals surface area contributed by atoms with Crippen LogP contribution in [0.5, 0.6) is 0 Å². The second kappa shape index (κ2) is 9.18. The average molecular weight is 270 g/mol. The van der Waals surface area contributed by atoms with Crippen LogP contribution in [0.1, 0.15) is 58.8 Å². The maximum atomic E-state index is 12.2. The molecule has 0 aromatic heterocycles. The van der Waals surface area contributed by atoms with Gasteiger partial charge in [0.2, 0.25) is 0 Å². The molecular weight excluding hydrogens is 240 g/mol. The molecular formula is C15H30N2O2. The van der Waals surface area contributed by atoms with Crippen molar-refractivity contribution < 1.29 is 9.53 Å². The standard InChI is InChI=1S/C15H30N2O2/c1-13(2)12-19-15(18)17(11-7-10-16)14-8-5-3-4-6-9-14/h13-14H,3-12,16H2,1-2H3. The monoisotopic (exact) mass is 270 g/mol. The zero-order valence-electron chi connectivity index (χ0n) is 12.6. The number of nitrogens with zero attached hydrogens (tertiary/aromatic N) is 1. The summed E-state index contributed by atoms with van der Waals surface area (Å²) in [5.41, 5.74) is 5.58. The number of nitrogens with two attached hydrogens (primary N) is 1. The fraction of sp³-hybridized carbons (Fsp3) is 0.933. The van der Waals surface area contributed by atoms with Crippen molar-refractivity contribution in [2.75, 3.05) is 19.7 Å². The van der Waals surface area contributed by atoms with Crippen LogP contribution in [-0.2, 0) is 4.74 Å². The van der Waals surface area contributed by atoms with E-state index >= 15 is 0 Å². The second-order valence-corrected chi connectivity index (χ2v) is 5.95. The second-order valence-electron chi connectivity index (χ2n) is 5.95. The summed E-state index contributed by atoms with van der Waals surface area (Å²) < 4.78 is 5.40. The van der Waals surface area contributed by atoms with E-state index < -0.39 is 0 Å². The van der Waals surface area contributed by atoms with Crippen LogP contribution in [0.15, 0.2) is 0 Å². The minimum atomic E-state index is -0.144. The highest BCUT2D eigenvalue weighted by atomic mass is 16.6. The van der Waals surface area contributed by atoms with Crippen LogP contribution in [-0.4, -0.2) is 36.7 Å². The molecule has 0 bridgehead atoms. The van der Waals surface area contributed by atoms with Gasteiger partial charge in [-0.3, -0.25) is 0 Å². The minimum absolute atomic E-state index is 0.144. The normalized spacial score (nSPS) is 17.3. The van der Waals surface area contributed by atoms with Crippen LogP contribution in [0.2, 0.25) is 0 Å². The molecule has 0 atom stereocenters. The van der Waals surface area contributed by atoms with Gasteiger partial charge in [0.1, 0.15) is 0 Å². The van der Waals surface area contributed by atoms with Crippen LogP contribution in [0.25, 0.3) is 0 Å². The van der Waals surface area contributed by atoms with Crippen molar-refractivity contribution >= 4 is 6.09 Å². The summed E-state index contributed by atoms with van der Waals surface area (Å²) >= 11 is 0. The molecule has 4 heteroatoms. The van der Waals surface area contributed by atoms with E-state index in [-0.39, 0.29) is 6.09 Å². The lowest BCUT2D eigenvalue weighted by molar-refractivity contribution is 0.0735. The Morgan fingerprint density at radius 2 is 1.89 bits per heavy atom. The van der Waals surface area contributed by atoms with Crippen molar-refractivity contribution in [3.8, 4) is 0 Å². The van der Waals surface area contributed by atoms with Crippen LogP contribution in [0.4, 0.5) is 4.79 Å². The summed E-state index contributed by atoms with van der Waals surface area (Å²) in [5.74, 6) is 0.384. The van der Waals surface area contributed by atoms with Crippen LogP contribution in [0, 0.1) is 5.92 Å². The summed E-state index contributed by atoms with van der Waals surface area (Å²) in [5, 5.41) is 0. The summed E-state index contributed by atoms with van der Waals surface area (Å²) in [4.78, 5) is 14.2. The smallest absolute Gasteiger partial charge is 0.410 e. The van der Waals surface area contributed by atoms with Gasteiger partial charge in [-0.25, -0.2) is 4.79 Å². The molecule has 4 nitrogen and oxygen atoms in total. The number of carbonyl (C=O) groups excluding carboxylic acids is 1. The van der Waals surface area contributed by atoms with Crippen LogP contribution >= 0.6 is 0 Å². The number of hydrogen-bond donors (Lipinski definition) is 1. The molecule has 0 spiro atoms. The van der Waals surface area contributed by atoms with Gasteiger partial charge in [0, 0.05) is 12.6 Å². The van der Waals surface area contributed by atoms with E-state index in [4.69, 9.17) is 10.5 Å². The first-order valence-electron chi connectivity index (χ1n) is 7.78. The molecule has 0 aliphatic heterocycles. The first-order chi connectivity index (χ1) is 9.15. The summed E-state index contributed by atoms with van der Waals surface area (Å²) in [6.45, 7) is 5.98.